The lowest BCUT2D eigenvalue weighted by Crippen LogP contribution is -2.24. The number of thiophene rings is 1. The number of aryl methyl sites for hydroxylation is 2. The van der Waals surface area contributed by atoms with Crippen molar-refractivity contribution in [2.75, 3.05) is 23.3 Å². The van der Waals surface area contributed by atoms with E-state index in [-0.39, 0.29) is 11.5 Å². The molecule has 6 nitrogen and oxygen atoms in total. The molecular formula is C23H28N4O2S. The highest BCUT2D eigenvalue weighted by Gasteiger charge is 2.22. The van der Waals surface area contributed by atoms with Gasteiger partial charge in [0.05, 0.1) is 10.3 Å². The van der Waals surface area contributed by atoms with Crippen LogP contribution in [-0.2, 0) is 13.0 Å². The Labute approximate surface area is 180 Å². The van der Waals surface area contributed by atoms with Gasteiger partial charge in [-0.1, -0.05) is 6.42 Å². The summed E-state index contributed by atoms with van der Waals surface area (Å²) in [6, 6.07) is 7.88. The molecule has 0 atom stereocenters. The van der Waals surface area contributed by atoms with Gasteiger partial charge in [-0.25, -0.2) is 4.98 Å². The monoisotopic (exact) mass is 424 g/mol. The molecule has 0 unspecified atom stereocenters. The van der Waals surface area contributed by atoms with Crippen molar-refractivity contribution in [3.63, 3.8) is 0 Å². The highest BCUT2D eigenvalue weighted by Crippen LogP contribution is 2.29. The van der Waals surface area contributed by atoms with Crippen molar-refractivity contribution in [1.29, 1.82) is 0 Å². The van der Waals surface area contributed by atoms with E-state index >= 15 is 0 Å². The number of rotatable bonds is 5. The van der Waals surface area contributed by atoms with Gasteiger partial charge in [0.25, 0.3) is 11.5 Å². The van der Waals surface area contributed by atoms with Crippen molar-refractivity contribution >= 4 is 38.8 Å². The van der Waals surface area contributed by atoms with Crippen LogP contribution in [-0.4, -0.2) is 28.5 Å². The molecule has 3 heterocycles. The lowest BCUT2D eigenvalue weighted by Gasteiger charge is -2.21. The topological polar surface area (TPSA) is 67.2 Å². The summed E-state index contributed by atoms with van der Waals surface area (Å²) in [4.78, 5) is 34.3. The molecule has 1 N–H and O–H groups in total. The molecule has 1 aliphatic heterocycles. The molecule has 0 saturated heterocycles. The number of fused-ring (bicyclic) bond motifs is 2. The minimum atomic E-state index is -0.189. The third-order valence-electron chi connectivity index (χ3n) is 5.87. The molecular weight excluding hydrogens is 396 g/mol. The summed E-state index contributed by atoms with van der Waals surface area (Å²) >= 11 is 1.32. The number of nitrogens with one attached hydrogen (secondary N) is 1. The number of aromatic nitrogens is 2. The van der Waals surface area contributed by atoms with Crippen LogP contribution in [0.1, 0.15) is 54.2 Å². The second kappa shape index (κ2) is 8.60. The van der Waals surface area contributed by atoms with Crippen LogP contribution in [0, 0.1) is 6.92 Å². The highest BCUT2D eigenvalue weighted by atomic mass is 32.1. The molecule has 0 spiro atoms. The number of carbonyl (C=O) groups excluding carboxylic acids is 1. The number of carbonyl (C=O) groups is 1. The van der Waals surface area contributed by atoms with Gasteiger partial charge in [0.1, 0.15) is 10.7 Å². The van der Waals surface area contributed by atoms with Crippen LogP contribution in [0.4, 0.5) is 11.4 Å². The molecule has 1 amide bonds. The van der Waals surface area contributed by atoms with E-state index in [0.29, 0.717) is 21.6 Å². The van der Waals surface area contributed by atoms with Gasteiger partial charge < -0.3 is 10.2 Å². The first-order valence-electron chi connectivity index (χ1n) is 10.7. The molecule has 2 aromatic heterocycles. The fraction of sp³-hybridized carbons (Fsp3) is 0.435. The van der Waals surface area contributed by atoms with Gasteiger partial charge in [0.2, 0.25) is 0 Å². The third-order valence-corrected chi connectivity index (χ3v) is 7.06. The first-order chi connectivity index (χ1) is 14.5. The molecule has 0 aliphatic carbocycles. The maximum Gasteiger partial charge on any atom is 0.266 e. The number of nitrogens with zero attached hydrogens (tertiary/aromatic N) is 3. The van der Waals surface area contributed by atoms with E-state index in [9.17, 15) is 9.59 Å². The van der Waals surface area contributed by atoms with Gasteiger partial charge in [-0.05, 0) is 63.4 Å². The number of anilines is 2. The van der Waals surface area contributed by atoms with Crippen molar-refractivity contribution in [2.24, 2.45) is 0 Å². The molecule has 4 rings (SSSR count). The number of amides is 1. The predicted molar refractivity (Wildman–Crippen MR) is 124 cm³/mol. The lowest BCUT2D eigenvalue weighted by atomic mass is 10.2. The molecule has 0 saturated carbocycles. The standard InChI is InChI=1S/C23H28N4O2S/c1-4-26(5-2)17-12-10-16(11-13-17)24-21(28)20-15(3)19-22(30-20)25-18-9-7-6-8-14-27(18)23(19)29/h10-13H,4-9,14H2,1-3H3,(H,24,28). The first-order valence-corrected chi connectivity index (χ1v) is 11.5. The SMILES string of the molecule is CCN(CC)c1ccc(NC(=O)c2sc3nc4n(c(=O)c3c2C)CCCCC4)cc1. The smallest absolute Gasteiger partial charge is 0.266 e. The van der Waals surface area contributed by atoms with E-state index in [0.717, 1.165) is 61.5 Å². The van der Waals surface area contributed by atoms with Crippen LogP contribution in [0.3, 0.4) is 0 Å². The van der Waals surface area contributed by atoms with E-state index in [1.807, 2.05) is 35.8 Å². The Morgan fingerprint density at radius 1 is 1.17 bits per heavy atom. The van der Waals surface area contributed by atoms with Gasteiger partial charge in [-0.2, -0.15) is 0 Å². The Hall–Kier alpha value is -2.67. The van der Waals surface area contributed by atoms with Gasteiger partial charge in [0, 0.05) is 37.4 Å². The second-order valence-corrected chi connectivity index (χ2v) is 8.70. The van der Waals surface area contributed by atoms with Gasteiger partial charge in [-0.15, -0.1) is 11.3 Å². The number of hydrogen-bond donors (Lipinski definition) is 1. The fourth-order valence-electron chi connectivity index (χ4n) is 4.16. The Balaban J connectivity index is 1.63. The van der Waals surface area contributed by atoms with E-state index in [4.69, 9.17) is 4.98 Å². The lowest BCUT2D eigenvalue weighted by molar-refractivity contribution is 0.103. The minimum Gasteiger partial charge on any atom is -0.372 e. The second-order valence-electron chi connectivity index (χ2n) is 7.71. The molecule has 1 aromatic carbocycles. The predicted octanol–water partition coefficient (Wildman–Crippen LogP) is 4.59. The Morgan fingerprint density at radius 2 is 1.90 bits per heavy atom. The largest absolute Gasteiger partial charge is 0.372 e. The fourth-order valence-corrected chi connectivity index (χ4v) is 5.24. The van der Waals surface area contributed by atoms with Crippen LogP contribution in [0.25, 0.3) is 10.2 Å². The Bertz CT molecular complexity index is 1130. The Kier molecular flexibility index (Phi) is 5.90. The van der Waals surface area contributed by atoms with Crippen LogP contribution in [0.5, 0.6) is 0 Å². The summed E-state index contributed by atoms with van der Waals surface area (Å²) in [6.45, 7) is 8.70. The van der Waals surface area contributed by atoms with Crippen LogP contribution in [0.15, 0.2) is 29.1 Å². The molecule has 0 bridgehead atoms. The van der Waals surface area contributed by atoms with Crippen LogP contribution < -0.4 is 15.8 Å². The molecule has 7 heteroatoms. The van der Waals surface area contributed by atoms with Gasteiger partial charge in [-0.3, -0.25) is 14.2 Å². The van der Waals surface area contributed by atoms with Gasteiger partial charge in [0.15, 0.2) is 0 Å². The van der Waals surface area contributed by atoms with Crippen molar-refractivity contribution in [3.8, 4) is 0 Å². The molecule has 158 valence electrons. The van der Waals surface area contributed by atoms with Crippen molar-refractivity contribution in [2.45, 2.75) is 53.0 Å². The van der Waals surface area contributed by atoms with Gasteiger partial charge >= 0.3 is 0 Å². The third kappa shape index (κ3) is 3.74. The summed E-state index contributed by atoms with van der Waals surface area (Å²) < 4.78 is 1.81. The maximum atomic E-state index is 13.1. The van der Waals surface area contributed by atoms with Crippen molar-refractivity contribution < 1.29 is 4.79 Å². The molecule has 30 heavy (non-hydrogen) atoms. The van der Waals surface area contributed by atoms with Crippen LogP contribution >= 0.6 is 11.3 Å². The normalized spacial score (nSPS) is 13.7. The zero-order valence-electron chi connectivity index (χ0n) is 17.8. The summed E-state index contributed by atoms with van der Waals surface area (Å²) in [5.41, 5.74) is 2.60. The van der Waals surface area contributed by atoms with E-state index < -0.39 is 0 Å². The van der Waals surface area contributed by atoms with E-state index in [1.54, 1.807) is 0 Å². The quantitative estimate of drug-likeness (QED) is 0.650. The average Bonchev–Trinajstić information content (AvgIpc) is 2.91. The molecule has 3 aromatic rings. The number of benzene rings is 1. The van der Waals surface area contributed by atoms with Crippen LogP contribution in [0.2, 0.25) is 0 Å². The Morgan fingerprint density at radius 3 is 2.60 bits per heavy atom. The summed E-state index contributed by atoms with van der Waals surface area (Å²) in [5, 5.41) is 3.57. The number of hydrogen-bond acceptors (Lipinski definition) is 5. The molecule has 0 fully saturated rings. The van der Waals surface area contributed by atoms with Crippen molar-refractivity contribution in [3.05, 3.63) is 50.9 Å². The first kappa shape index (κ1) is 20.6. The van der Waals surface area contributed by atoms with E-state index in [1.165, 1.54) is 11.3 Å². The maximum absolute atomic E-state index is 13.1. The summed E-state index contributed by atoms with van der Waals surface area (Å²) in [5.74, 6) is 0.663. The molecule has 1 aliphatic rings. The average molecular weight is 425 g/mol. The summed E-state index contributed by atoms with van der Waals surface area (Å²) in [6.07, 6.45) is 4.00. The van der Waals surface area contributed by atoms with E-state index in [2.05, 4.69) is 24.1 Å². The highest BCUT2D eigenvalue weighted by molar-refractivity contribution is 7.20. The minimum absolute atomic E-state index is 0.00623. The summed E-state index contributed by atoms with van der Waals surface area (Å²) in [7, 11) is 0. The van der Waals surface area contributed by atoms with Crippen molar-refractivity contribution in [1.82, 2.24) is 9.55 Å². The molecule has 0 radical (unpaired) electrons. The zero-order valence-corrected chi connectivity index (χ0v) is 18.6. The zero-order chi connectivity index (χ0) is 21.3.